The van der Waals surface area contributed by atoms with E-state index in [1.165, 1.54) is 14.2 Å². The van der Waals surface area contributed by atoms with E-state index in [0.29, 0.717) is 12.3 Å². The molecule has 0 aromatic carbocycles. The van der Waals surface area contributed by atoms with Crippen LogP contribution in [0.5, 0.6) is 0 Å². The molecule has 16 heavy (non-hydrogen) atoms. The number of hydrogen-bond donors (Lipinski definition) is 1. The molecule has 0 aromatic rings. The van der Waals surface area contributed by atoms with Gasteiger partial charge in [0.2, 0.25) is 0 Å². The number of carbonyl (C=O) groups excluding carboxylic acids is 2. The van der Waals surface area contributed by atoms with Crippen molar-refractivity contribution in [3.63, 3.8) is 0 Å². The Bertz CT molecular complexity index is 330. The Morgan fingerprint density at radius 1 is 1.25 bits per heavy atom. The van der Waals surface area contributed by atoms with Crippen LogP contribution < -0.4 is 5.73 Å². The van der Waals surface area contributed by atoms with Gasteiger partial charge in [-0.15, -0.1) is 0 Å². The molecule has 4 atom stereocenters. The molecule has 2 N–H and O–H groups in total. The van der Waals surface area contributed by atoms with E-state index in [4.69, 9.17) is 15.2 Å². The molecule has 2 saturated carbocycles. The van der Waals surface area contributed by atoms with Gasteiger partial charge in [0.05, 0.1) is 20.1 Å². The Morgan fingerprint density at radius 2 is 1.94 bits per heavy atom. The molecule has 0 saturated heterocycles. The van der Waals surface area contributed by atoms with Crippen LogP contribution in [0.3, 0.4) is 0 Å². The lowest BCUT2D eigenvalue weighted by Gasteiger charge is -2.34. The first kappa shape index (κ1) is 11.4. The van der Waals surface area contributed by atoms with Crippen molar-refractivity contribution in [2.24, 2.45) is 23.5 Å². The molecule has 4 unspecified atom stereocenters. The van der Waals surface area contributed by atoms with Gasteiger partial charge in [-0.25, -0.2) is 0 Å². The number of hydrogen-bond acceptors (Lipinski definition) is 5. The van der Waals surface area contributed by atoms with E-state index in [1.807, 2.05) is 0 Å². The molecule has 0 spiro atoms. The summed E-state index contributed by atoms with van der Waals surface area (Å²) >= 11 is 0. The third-order valence-corrected chi connectivity index (χ3v) is 4.02. The van der Waals surface area contributed by atoms with Crippen LogP contribution in [0.15, 0.2) is 0 Å². The number of nitrogens with two attached hydrogens (primary N) is 1. The van der Waals surface area contributed by atoms with Crippen molar-refractivity contribution in [3.8, 4) is 0 Å². The van der Waals surface area contributed by atoms with Crippen LogP contribution in [0, 0.1) is 17.8 Å². The van der Waals surface area contributed by atoms with Crippen LogP contribution in [0.25, 0.3) is 0 Å². The smallest absolute Gasteiger partial charge is 0.326 e. The lowest BCUT2D eigenvalue weighted by atomic mass is 9.75. The van der Waals surface area contributed by atoms with Crippen molar-refractivity contribution < 1.29 is 19.1 Å². The molecule has 90 valence electrons. The highest BCUT2D eigenvalue weighted by Crippen LogP contribution is 2.53. The zero-order valence-electron chi connectivity index (χ0n) is 9.56. The number of esters is 2. The van der Waals surface area contributed by atoms with E-state index in [0.717, 1.165) is 12.8 Å². The molecular formula is C11H17NO4. The van der Waals surface area contributed by atoms with E-state index in [1.54, 1.807) is 0 Å². The maximum atomic E-state index is 11.7. The predicted octanol–water partition coefficient (Wildman–Crippen LogP) is 0.0760. The van der Waals surface area contributed by atoms with Crippen molar-refractivity contribution in [1.29, 1.82) is 0 Å². The molecule has 0 aromatic heterocycles. The minimum atomic E-state index is -0.990. The maximum Gasteiger partial charge on any atom is 0.326 e. The first-order valence-corrected chi connectivity index (χ1v) is 5.48. The second-order valence-electron chi connectivity index (χ2n) is 4.81. The summed E-state index contributed by atoms with van der Waals surface area (Å²) in [4.78, 5) is 23.3. The summed E-state index contributed by atoms with van der Waals surface area (Å²) < 4.78 is 9.48. The van der Waals surface area contributed by atoms with Crippen molar-refractivity contribution in [3.05, 3.63) is 0 Å². The molecule has 0 aliphatic heterocycles. The Balaban J connectivity index is 2.21. The second kappa shape index (κ2) is 3.73. The van der Waals surface area contributed by atoms with Gasteiger partial charge in [-0.1, -0.05) is 0 Å². The molecule has 5 heteroatoms. The monoisotopic (exact) mass is 227 g/mol. The second-order valence-corrected chi connectivity index (χ2v) is 4.81. The summed E-state index contributed by atoms with van der Waals surface area (Å²) in [6, 6.07) is 0. The van der Waals surface area contributed by atoms with Gasteiger partial charge in [0, 0.05) is 5.92 Å². The van der Waals surface area contributed by atoms with Crippen LogP contribution in [0.2, 0.25) is 0 Å². The first-order chi connectivity index (χ1) is 7.52. The van der Waals surface area contributed by atoms with Crippen LogP contribution in [0.1, 0.15) is 19.3 Å². The third-order valence-electron chi connectivity index (χ3n) is 4.02. The number of fused-ring (bicyclic) bond motifs is 2. The Labute approximate surface area is 94.3 Å². The number of ether oxygens (including phenoxy) is 2. The van der Waals surface area contributed by atoms with Gasteiger partial charge in [0.15, 0.2) is 0 Å². The van der Waals surface area contributed by atoms with E-state index in [-0.39, 0.29) is 17.8 Å². The third kappa shape index (κ3) is 1.42. The van der Waals surface area contributed by atoms with Gasteiger partial charge in [-0.2, -0.15) is 0 Å². The molecule has 2 aliphatic rings. The molecule has 5 nitrogen and oxygen atoms in total. The fourth-order valence-corrected chi connectivity index (χ4v) is 3.34. The van der Waals surface area contributed by atoms with Gasteiger partial charge in [-0.05, 0) is 25.2 Å². The number of rotatable bonds is 2. The normalized spacial score (nSPS) is 40.8. The minimum Gasteiger partial charge on any atom is -0.469 e. The maximum absolute atomic E-state index is 11.7. The zero-order chi connectivity index (χ0) is 11.9. The lowest BCUT2D eigenvalue weighted by Crippen LogP contribution is -2.56. The summed E-state index contributed by atoms with van der Waals surface area (Å²) in [7, 11) is 2.70. The molecule has 0 heterocycles. The molecule has 2 fully saturated rings. The fourth-order valence-electron chi connectivity index (χ4n) is 3.34. The number of methoxy groups -OCH3 is 2. The summed E-state index contributed by atoms with van der Waals surface area (Å²) in [6.07, 6.45) is 2.23. The fraction of sp³-hybridized carbons (Fsp3) is 0.818. The average molecular weight is 227 g/mol. The Hall–Kier alpha value is -1.10. The van der Waals surface area contributed by atoms with Crippen molar-refractivity contribution >= 4 is 11.9 Å². The van der Waals surface area contributed by atoms with E-state index in [2.05, 4.69) is 0 Å². The van der Waals surface area contributed by atoms with E-state index < -0.39 is 11.5 Å². The highest BCUT2D eigenvalue weighted by Gasteiger charge is 2.60. The highest BCUT2D eigenvalue weighted by molar-refractivity contribution is 5.84. The zero-order valence-corrected chi connectivity index (χ0v) is 9.56. The summed E-state index contributed by atoms with van der Waals surface area (Å²) in [5, 5.41) is 0. The van der Waals surface area contributed by atoms with Gasteiger partial charge >= 0.3 is 11.9 Å². The van der Waals surface area contributed by atoms with Crippen LogP contribution in [-0.2, 0) is 19.1 Å². The molecule has 2 aliphatic carbocycles. The SMILES string of the molecule is COC(=O)C1CC2CC1C(N)(C(=O)OC)C2. The van der Waals surface area contributed by atoms with E-state index in [9.17, 15) is 9.59 Å². The molecule has 2 rings (SSSR count). The minimum absolute atomic E-state index is 0.127. The summed E-state index contributed by atoms with van der Waals surface area (Å²) in [5.74, 6) is -0.692. The van der Waals surface area contributed by atoms with Crippen molar-refractivity contribution in [2.75, 3.05) is 14.2 Å². The van der Waals surface area contributed by atoms with Crippen LogP contribution >= 0.6 is 0 Å². The van der Waals surface area contributed by atoms with Gasteiger partial charge in [0.1, 0.15) is 5.54 Å². The first-order valence-electron chi connectivity index (χ1n) is 5.48. The molecule has 0 radical (unpaired) electrons. The summed E-state index contributed by atoms with van der Waals surface area (Å²) in [6.45, 7) is 0. The standard InChI is InChI=1S/C11H17NO4/c1-15-9(13)7-3-6-4-8(7)11(12,5-6)10(14)16-2/h6-8H,3-5,12H2,1-2H3. The largest absolute Gasteiger partial charge is 0.469 e. The van der Waals surface area contributed by atoms with Gasteiger partial charge < -0.3 is 15.2 Å². The van der Waals surface area contributed by atoms with Gasteiger partial charge in [0.25, 0.3) is 0 Å². The predicted molar refractivity (Wildman–Crippen MR) is 55.3 cm³/mol. The highest BCUT2D eigenvalue weighted by atomic mass is 16.5. The van der Waals surface area contributed by atoms with Crippen molar-refractivity contribution in [1.82, 2.24) is 0 Å². The molecule has 2 bridgehead atoms. The van der Waals surface area contributed by atoms with Crippen LogP contribution in [-0.4, -0.2) is 31.7 Å². The van der Waals surface area contributed by atoms with E-state index >= 15 is 0 Å². The average Bonchev–Trinajstić information content (AvgIpc) is 2.84. The Morgan fingerprint density at radius 3 is 2.44 bits per heavy atom. The Kier molecular flexibility index (Phi) is 2.66. The topological polar surface area (TPSA) is 78.6 Å². The molecular weight excluding hydrogens is 210 g/mol. The molecule has 0 amide bonds. The van der Waals surface area contributed by atoms with Gasteiger partial charge in [-0.3, -0.25) is 9.59 Å². The number of carbonyl (C=O) groups is 2. The lowest BCUT2D eigenvalue weighted by molar-refractivity contribution is -0.155. The van der Waals surface area contributed by atoms with Crippen molar-refractivity contribution in [2.45, 2.75) is 24.8 Å². The summed E-state index contributed by atoms with van der Waals surface area (Å²) in [5.41, 5.74) is 5.11. The quantitative estimate of drug-likeness (QED) is 0.676. The van der Waals surface area contributed by atoms with Crippen LogP contribution in [0.4, 0.5) is 0 Å².